The van der Waals surface area contributed by atoms with Gasteiger partial charge in [0.05, 0.1) is 0 Å². The number of carbonyl (C=O) groups excluding carboxylic acids is 1. The second-order valence-electron chi connectivity index (χ2n) is 3.93. The average molecular weight is 230 g/mol. The highest BCUT2D eigenvalue weighted by molar-refractivity contribution is 5.77. The van der Waals surface area contributed by atoms with Crippen LogP contribution in [0.15, 0.2) is 0 Å². The summed E-state index contributed by atoms with van der Waals surface area (Å²) in [5, 5.41) is 8.73. The van der Waals surface area contributed by atoms with E-state index in [-0.39, 0.29) is 12.5 Å². The molecule has 1 rings (SSSR count). The molecule has 16 heavy (non-hydrogen) atoms. The van der Waals surface area contributed by atoms with Gasteiger partial charge in [0.2, 0.25) is 5.91 Å². The molecule has 5 heteroatoms. The zero-order valence-corrected chi connectivity index (χ0v) is 10.0. The Morgan fingerprint density at radius 1 is 1.31 bits per heavy atom. The minimum absolute atomic E-state index is 0.158. The summed E-state index contributed by atoms with van der Waals surface area (Å²) < 4.78 is 5.28. The van der Waals surface area contributed by atoms with Gasteiger partial charge in [-0.25, -0.2) is 0 Å². The monoisotopic (exact) mass is 230 g/mol. The summed E-state index contributed by atoms with van der Waals surface area (Å²) in [7, 11) is 0. The first-order valence-electron chi connectivity index (χ1n) is 5.96. The van der Waals surface area contributed by atoms with Gasteiger partial charge in [0.1, 0.15) is 6.61 Å². The molecule has 1 heterocycles. The zero-order chi connectivity index (χ0) is 11.8. The Morgan fingerprint density at radius 2 is 2.00 bits per heavy atom. The molecule has 0 aromatic carbocycles. The molecule has 0 bridgehead atoms. The van der Waals surface area contributed by atoms with Gasteiger partial charge in [-0.3, -0.25) is 9.69 Å². The molecule has 0 aromatic heterocycles. The second-order valence-corrected chi connectivity index (χ2v) is 3.93. The molecule has 1 amide bonds. The van der Waals surface area contributed by atoms with Crippen molar-refractivity contribution in [2.75, 3.05) is 52.5 Å². The van der Waals surface area contributed by atoms with Crippen molar-refractivity contribution in [2.45, 2.75) is 13.3 Å². The Balaban J connectivity index is 2.10. The Morgan fingerprint density at radius 3 is 2.56 bits per heavy atom. The fourth-order valence-electron chi connectivity index (χ4n) is 1.86. The topological polar surface area (TPSA) is 53.0 Å². The molecule has 1 aliphatic rings. The van der Waals surface area contributed by atoms with E-state index in [1.54, 1.807) is 4.90 Å². The van der Waals surface area contributed by atoms with Crippen molar-refractivity contribution in [3.63, 3.8) is 0 Å². The standard InChI is InChI=1S/C11H22N2O3/c1-2-16-9-3-4-12-5-7-13(8-6-12)11(15)10-14/h14H,2-10H2,1H3. The maximum absolute atomic E-state index is 11.2. The Bertz CT molecular complexity index is 203. The summed E-state index contributed by atoms with van der Waals surface area (Å²) in [4.78, 5) is 15.3. The molecule has 0 radical (unpaired) electrons. The number of aliphatic hydroxyl groups excluding tert-OH is 1. The SMILES string of the molecule is CCOCCCN1CCN(C(=O)CO)CC1. The number of nitrogens with zero attached hydrogens (tertiary/aromatic N) is 2. The highest BCUT2D eigenvalue weighted by atomic mass is 16.5. The predicted octanol–water partition coefficient (Wildman–Crippen LogP) is -0.450. The number of piperazine rings is 1. The number of ether oxygens (including phenoxy) is 1. The quantitative estimate of drug-likeness (QED) is 0.628. The minimum atomic E-state index is -0.371. The maximum Gasteiger partial charge on any atom is 0.248 e. The van der Waals surface area contributed by atoms with E-state index in [1.165, 1.54) is 0 Å². The van der Waals surface area contributed by atoms with Gasteiger partial charge in [-0.2, -0.15) is 0 Å². The fraction of sp³-hybridized carbons (Fsp3) is 0.909. The van der Waals surface area contributed by atoms with Gasteiger partial charge >= 0.3 is 0 Å². The molecule has 0 atom stereocenters. The predicted molar refractivity (Wildman–Crippen MR) is 61.2 cm³/mol. The van der Waals surface area contributed by atoms with Crippen LogP contribution in [0, 0.1) is 0 Å². The van der Waals surface area contributed by atoms with Crippen molar-refractivity contribution in [3.05, 3.63) is 0 Å². The third-order valence-corrected chi connectivity index (χ3v) is 2.83. The first kappa shape index (κ1) is 13.4. The summed E-state index contributed by atoms with van der Waals surface area (Å²) in [6.45, 7) is 7.51. The van der Waals surface area contributed by atoms with Gasteiger partial charge < -0.3 is 14.7 Å². The van der Waals surface area contributed by atoms with Gasteiger partial charge in [0.25, 0.3) is 0 Å². The molecule has 1 fully saturated rings. The highest BCUT2D eigenvalue weighted by Crippen LogP contribution is 2.02. The van der Waals surface area contributed by atoms with Crippen LogP contribution in [0.1, 0.15) is 13.3 Å². The average Bonchev–Trinajstić information content (AvgIpc) is 2.34. The van der Waals surface area contributed by atoms with Crippen molar-refractivity contribution in [2.24, 2.45) is 0 Å². The van der Waals surface area contributed by atoms with Crippen LogP contribution in [0.5, 0.6) is 0 Å². The number of carbonyl (C=O) groups is 1. The smallest absolute Gasteiger partial charge is 0.248 e. The molecule has 0 aliphatic carbocycles. The molecule has 1 N–H and O–H groups in total. The highest BCUT2D eigenvalue weighted by Gasteiger charge is 2.19. The van der Waals surface area contributed by atoms with Crippen molar-refractivity contribution < 1.29 is 14.6 Å². The van der Waals surface area contributed by atoms with E-state index in [4.69, 9.17) is 9.84 Å². The normalized spacial score (nSPS) is 17.8. The van der Waals surface area contributed by atoms with E-state index in [2.05, 4.69) is 4.90 Å². The molecule has 1 saturated heterocycles. The summed E-state index contributed by atoms with van der Waals surface area (Å²) in [6, 6.07) is 0. The van der Waals surface area contributed by atoms with Crippen molar-refractivity contribution >= 4 is 5.91 Å². The molecule has 0 spiro atoms. The van der Waals surface area contributed by atoms with Crippen molar-refractivity contribution in [1.29, 1.82) is 0 Å². The van der Waals surface area contributed by atoms with E-state index in [0.717, 1.165) is 52.4 Å². The third kappa shape index (κ3) is 4.47. The Hall–Kier alpha value is -0.650. The van der Waals surface area contributed by atoms with Gasteiger partial charge in [0.15, 0.2) is 0 Å². The van der Waals surface area contributed by atoms with Crippen LogP contribution in [0.4, 0.5) is 0 Å². The van der Waals surface area contributed by atoms with Crippen molar-refractivity contribution in [1.82, 2.24) is 9.80 Å². The fourth-order valence-corrected chi connectivity index (χ4v) is 1.86. The first-order chi connectivity index (χ1) is 7.77. The first-order valence-corrected chi connectivity index (χ1v) is 5.96. The molecule has 0 aromatic rings. The van der Waals surface area contributed by atoms with Crippen LogP contribution < -0.4 is 0 Å². The number of rotatable bonds is 6. The molecule has 1 aliphatic heterocycles. The minimum Gasteiger partial charge on any atom is -0.387 e. The van der Waals surface area contributed by atoms with Crippen molar-refractivity contribution in [3.8, 4) is 0 Å². The third-order valence-electron chi connectivity index (χ3n) is 2.83. The molecule has 5 nitrogen and oxygen atoms in total. The van der Waals surface area contributed by atoms with E-state index in [0.29, 0.717) is 0 Å². The summed E-state index contributed by atoms with van der Waals surface area (Å²) in [5.41, 5.74) is 0. The van der Waals surface area contributed by atoms with Gasteiger partial charge in [-0.1, -0.05) is 0 Å². The molecular weight excluding hydrogens is 208 g/mol. The van der Waals surface area contributed by atoms with Gasteiger partial charge in [-0.15, -0.1) is 0 Å². The Labute approximate surface area is 97.0 Å². The van der Waals surface area contributed by atoms with Gasteiger partial charge in [-0.05, 0) is 13.3 Å². The van der Waals surface area contributed by atoms with E-state index < -0.39 is 0 Å². The number of aliphatic hydroxyl groups is 1. The Kier molecular flexibility index (Phi) is 6.37. The lowest BCUT2D eigenvalue weighted by Gasteiger charge is -2.34. The number of amides is 1. The number of hydrogen-bond acceptors (Lipinski definition) is 4. The number of hydrogen-bond donors (Lipinski definition) is 1. The summed E-state index contributed by atoms with van der Waals surface area (Å²) in [5.74, 6) is -0.158. The lowest BCUT2D eigenvalue weighted by Crippen LogP contribution is -2.49. The maximum atomic E-state index is 11.2. The van der Waals surface area contributed by atoms with Crippen LogP contribution in [0.25, 0.3) is 0 Å². The van der Waals surface area contributed by atoms with Crippen LogP contribution in [0.3, 0.4) is 0 Å². The van der Waals surface area contributed by atoms with Gasteiger partial charge in [0, 0.05) is 45.9 Å². The lowest BCUT2D eigenvalue weighted by atomic mass is 10.3. The van der Waals surface area contributed by atoms with Crippen LogP contribution in [-0.2, 0) is 9.53 Å². The molecule has 0 unspecified atom stereocenters. The van der Waals surface area contributed by atoms with Crippen LogP contribution in [-0.4, -0.2) is 73.4 Å². The van der Waals surface area contributed by atoms with E-state index in [1.807, 2.05) is 6.92 Å². The van der Waals surface area contributed by atoms with Crippen LogP contribution >= 0.6 is 0 Å². The van der Waals surface area contributed by atoms with E-state index >= 15 is 0 Å². The molecule has 0 saturated carbocycles. The zero-order valence-electron chi connectivity index (χ0n) is 10.0. The molecule has 94 valence electrons. The second kappa shape index (κ2) is 7.60. The summed E-state index contributed by atoms with van der Waals surface area (Å²) >= 11 is 0. The lowest BCUT2D eigenvalue weighted by molar-refractivity contribution is -0.135. The molecular formula is C11H22N2O3. The summed E-state index contributed by atoms with van der Waals surface area (Å²) in [6.07, 6.45) is 1.04. The van der Waals surface area contributed by atoms with E-state index in [9.17, 15) is 4.79 Å². The largest absolute Gasteiger partial charge is 0.387 e. The van der Waals surface area contributed by atoms with Crippen LogP contribution in [0.2, 0.25) is 0 Å².